The smallest absolute Gasteiger partial charge is 0.375 e. The van der Waals surface area contributed by atoms with Crippen molar-refractivity contribution in [1.82, 2.24) is 14.9 Å². The van der Waals surface area contributed by atoms with E-state index in [9.17, 15) is 50.6 Å². The normalized spacial score (nSPS) is 12.3. The maximum absolute atomic E-state index is 13.1. The molecule has 0 saturated heterocycles. The number of hydrogen-bond acceptors (Lipinski definition) is 15. The van der Waals surface area contributed by atoms with Crippen molar-refractivity contribution >= 4 is 28.8 Å². The number of nitrogens with one attached hydrogen (secondary N) is 2. The van der Waals surface area contributed by atoms with E-state index in [1.54, 1.807) is 0 Å². The number of Topliss-reactive ketones (excluding diaryl/α,β-unsaturated/α-hetero) is 1. The highest BCUT2D eigenvalue weighted by Gasteiger charge is 2.34. The Labute approximate surface area is 209 Å². The standard InChI is InChI=1S/C20H16N6O12/c1-38-20(31)17(28)14(15-18(29)23-12-6-8(24(32)33)2-4-10(12)21-15)16(27)19(30)22-11-5-3-9(25(34)35)7-13(11)26(36)37/h2-7,14,34H,1H3,(H5-,21,22,23,27,28,29,30,31,32,33)/q-2/p-1. The summed E-state index contributed by atoms with van der Waals surface area (Å²) in [5.74, 6) is -9.51. The number of methoxy groups -OCH3 is 1. The number of esters is 1. The molecule has 1 unspecified atom stereocenters. The number of nitro benzene ring substituents is 1. The fourth-order valence-corrected chi connectivity index (χ4v) is 3.22. The van der Waals surface area contributed by atoms with Gasteiger partial charge in [-0.2, -0.15) is 4.90 Å². The number of aliphatic hydroxyl groups is 1. The number of aliphatic hydroxyl groups excluding tert-OH is 1. The largest absolute Gasteiger partial charge is 0.871 e. The second kappa shape index (κ2) is 10.6. The quantitative estimate of drug-likeness (QED) is 0.0813. The molecule has 0 saturated carbocycles. The van der Waals surface area contributed by atoms with Gasteiger partial charge in [-0.3, -0.25) is 20.1 Å². The van der Waals surface area contributed by atoms with Crippen molar-refractivity contribution in [3.05, 3.63) is 84.8 Å². The number of ether oxygens (including phenoxy) is 1. The summed E-state index contributed by atoms with van der Waals surface area (Å²) in [6.45, 7) is 0. The molecule has 200 valence electrons. The van der Waals surface area contributed by atoms with Gasteiger partial charge in [-0.1, -0.05) is 5.76 Å². The van der Waals surface area contributed by atoms with Crippen LogP contribution in [0, 0.1) is 25.7 Å². The molecule has 5 N–H and O–H groups in total. The predicted octanol–water partition coefficient (Wildman–Crippen LogP) is -0.385. The summed E-state index contributed by atoms with van der Waals surface area (Å²) >= 11 is 0. The average molecular weight is 531 g/mol. The van der Waals surface area contributed by atoms with Gasteiger partial charge in [0.25, 0.3) is 11.5 Å². The Morgan fingerprint density at radius 3 is 2.45 bits per heavy atom. The SMILES string of the molecule is COC(=O)C(=O)C(C([O-])=C(O)Nc1ccc(N([O-])O)cc1[N+](=O)[O-])c1nc2ccc(=[N+]([O-])[O-])cc-2[nH]c1O. The Bertz CT molecular complexity index is 1490. The van der Waals surface area contributed by atoms with E-state index in [0.717, 1.165) is 37.4 Å². The first kappa shape index (κ1) is 27.0. The minimum atomic E-state index is -2.35. The van der Waals surface area contributed by atoms with Gasteiger partial charge in [0.05, 0.1) is 35.0 Å². The second-order valence-corrected chi connectivity index (χ2v) is 7.29. The lowest BCUT2D eigenvalue weighted by atomic mass is 9.96. The van der Waals surface area contributed by atoms with Crippen molar-refractivity contribution in [2.24, 2.45) is 0 Å². The number of rotatable bonds is 8. The van der Waals surface area contributed by atoms with E-state index in [4.69, 9.17) is 5.21 Å². The molecule has 38 heavy (non-hydrogen) atoms. The Morgan fingerprint density at radius 1 is 1.18 bits per heavy atom. The Morgan fingerprint density at radius 2 is 1.87 bits per heavy atom. The van der Waals surface area contributed by atoms with Gasteiger partial charge in [-0.25, -0.2) is 9.78 Å². The lowest BCUT2D eigenvalue weighted by Gasteiger charge is -2.25. The Hall–Kier alpha value is -5.62. The van der Waals surface area contributed by atoms with Gasteiger partial charge < -0.3 is 51.2 Å². The van der Waals surface area contributed by atoms with Crippen molar-refractivity contribution in [3.8, 4) is 17.3 Å². The van der Waals surface area contributed by atoms with Crippen LogP contribution in [0.4, 0.5) is 17.1 Å². The summed E-state index contributed by atoms with van der Waals surface area (Å²) in [5.41, 5.74) is -2.97. The van der Waals surface area contributed by atoms with Crippen molar-refractivity contribution in [2.45, 2.75) is 5.92 Å². The highest BCUT2D eigenvalue weighted by molar-refractivity contribution is 6.36. The number of aromatic nitrogens is 2. The molecule has 0 aromatic heterocycles. The predicted molar refractivity (Wildman–Crippen MR) is 123 cm³/mol. The average Bonchev–Trinajstić information content (AvgIpc) is 2.87. The zero-order valence-corrected chi connectivity index (χ0v) is 18.8. The highest BCUT2D eigenvalue weighted by Crippen LogP contribution is 2.34. The molecule has 0 radical (unpaired) electrons. The topological polar surface area (TPSA) is 286 Å². The van der Waals surface area contributed by atoms with Crippen LogP contribution in [-0.2, 0) is 14.3 Å². The number of fused-ring (bicyclic) bond motifs is 1. The maximum Gasteiger partial charge on any atom is 0.375 e. The highest BCUT2D eigenvalue weighted by atomic mass is 16.8. The van der Waals surface area contributed by atoms with Gasteiger partial charge in [-0.05, 0) is 18.2 Å². The molecule has 18 nitrogen and oxygen atoms in total. The van der Waals surface area contributed by atoms with E-state index in [1.165, 1.54) is 0 Å². The molecule has 3 rings (SSSR count). The first-order valence-electron chi connectivity index (χ1n) is 9.99. The molecule has 1 aliphatic carbocycles. The lowest BCUT2D eigenvalue weighted by molar-refractivity contribution is -0.383. The Balaban J connectivity index is 2.17. The number of anilines is 2. The van der Waals surface area contributed by atoms with E-state index < -0.39 is 73.0 Å². The van der Waals surface area contributed by atoms with Gasteiger partial charge in [0.15, 0.2) is 5.88 Å². The molecule has 1 aliphatic heterocycles. The Kier molecular flexibility index (Phi) is 7.49. The molecular weight excluding hydrogens is 516 g/mol. The van der Waals surface area contributed by atoms with E-state index in [0.29, 0.717) is 6.07 Å². The number of aromatic hydroxyl groups is 1. The summed E-state index contributed by atoms with van der Waals surface area (Å²) in [5, 5.41) is 88.2. The summed E-state index contributed by atoms with van der Waals surface area (Å²) in [7, 11) is 0.813. The number of nitro groups is 1. The van der Waals surface area contributed by atoms with Crippen molar-refractivity contribution in [3.63, 3.8) is 0 Å². The van der Waals surface area contributed by atoms with Gasteiger partial charge >= 0.3 is 5.97 Å². The molecule has 2 aliphatic rings. The number of hydrogen-bond donors (Lipinski definition) is 5. The second-order valence-electron chi connectivity index (χ2n) is 7.29. The van der Waals surface area contributed by atoms with Crippen LogP contribution in [-0.4, -0.2) is 49.2 Å². The molecule has 18 heteroatoms. The van der Waals surface area contributed by atoms with Crippen LogP contribution in [0.1, 0.15) is 11.6 Å². The summed E-state index contributed by atoms with van der Waals surface area (Å²) < 4.78 is 4.32. The van der Waals surface area contributed by atoms with Crippen molar-refractivity contribution < 1.29 is 39.8 Å². The van der Waals surface area contributed by atoms with Crippen LogP contribution < -0.4 is 25.9 Å². The summed E-state index contributed by atoms with van der Waals surface area (Å²) in [4.78, 5) is 40.5. The number of carbonyl (C=O) groups excluding carboxylic acids is 2. The number of aromatic amines is 1. The fraction of sp³-hybridized carbons (Fsp3) is 0.100. The molecule has 0 amide bonds. The van der Waals surface area contributed by atoms with Gasteiger partial charge in [0.2, 0.25) is 11.2 Å². The molecule has 1 aromatic rings. The monoisotopic (exact) mass is 531 g/mol. The van der Waals surface area contributed by atoms with E-state index in [-0.39, 0.29) is 16.7 Å². The lowest BCUT2D eigenvalue weighted by Crippen LogP contribution is -2.32. The van der Waals surface area contributed by atoms with Crippen LogP contribution in [0.3, 0.4) is 0 Å². The number of nitrogens with zero attached hydrogens (tertiary/aromatic N) is 4. The molecule has 1 heterocycles. The zero-order valence-electron chi connectivity index (χ0n) is 18.8. The van der Waals surface area contributed by atoms with Crippen LogP contribution in [0.5, 0.6) is 5.88 Å². The van der Waals surface area contributed by atoms with Crippen LogP contribution in [0.2, 0.25) is 0 Å². The van der Waals surface area contributed by atoms with Crippen LogP contribution >= 0.6 is 0 Å². The third kappa shape index (κ3) is 5.29. The van der Waals surface area contributed by atoms with Crippen LogP contribution in [0.25, 0.3) is 11.4 Å². The van der Waals surface area contributed by atoms with E-state index in [1.807, 2.05) is 5.32 Å². The molecule has 1 aromatic carbocycles. The third-order valence-corrected chi connectivity index (χ3v) is 5.00. The van der Waals surface area contributed by atoms with Gasteiger partial charge in [0, 0.05) is 18.2 Å². The number of H-pyrrole nitrogens is 1. The van der Waals surface area contributed by atoms with Crippen molar-refractivity contribution in [2.75, 3.05) is 17.7 Å². The maximum atomic E-state index is 13.1. The van der Waals surface area contributed by atoms with E-state index >= 15 is 0 Å². The third-order valence-electron chi connectivity index (χ3n) is 5.00. The minimum absolute atomic E-state index is 0.0875. The molecule has 1 atom stereocenters. The van der Waals surface area contributed by atoms with Crippen molar-refractivity contribution in [1.29, 1.82) is 0 Å². The number of allylic oxidation sites excluding steroid dienone is 1. The molecular formula is C20H15N6O12-3. The molecule has 0 bridgehead atoms. The summed E-state index contributed by atoms with van der Waals surface area (Å²) in [6.07, 6.45) is 0. The fourth-order valence-electron chi connectivity index (χ4n) is 3.22. The number of carbonyl (C=O) groups is 2. The summed E-state index contributed by atoms with van der Waals surface area (Å²) in [6, 6.07) is 5.49. The van der Waals surface area contributed by atoms with E-state index in [2.05, 4.69) is 14.7 Å². The molecule has 0 spiro atoms. The number of benzene rings is 2. The zero-order chi connectivity index (χ0) is 28.3. The molecule has 0 fully saturated rings. The first-order valence-corrected chi connectivity index (χ1v) is 9.99. The number of ketones is 1. The van der Waals surface area contributed by atoms with Gasteiger partial charge in [0.1, 0.15) is 11.4 Å². The van der Waals surface area contributed by atoms with Gasteiger partial charge in [-0.15, -0.1) is 0 Å². The minimum Gasteiger partial charge on any atom is -0.871 e. The first-order chi connectivity index (χ1) is 17.8. The van der Waals surface area contributed by atoms with Crippen LogP contribution in [0.15, 0.2) is 48.0 Å².